The monoisotopic (exact) mass is 291 g/mol. The molecule has 0 spiro atoms. The predicted octanol–water partition coefficient (Wildman–Crippen LogP) is 4.03. The number of carbonyl (C=O) groups is 1. The summed E-state index contributed by atoms with van der Waals surface area (Å²) in [6.45, 7) is 2.11. The molecule has 1 unspecified atom stereocenters. The summed E-state index contributed by atoms with van der Waals surface area (Å²) in [6, 6.07) is 1.30. The van der Waals surface area contributed by atoms with Crippen molar-refractivity contribution in [2.45, 2.75) is 45.4 Å². The standard InChI is InChI=1S/C17H19F2NO/c1-2-3-5-17-6-4-10(21)7-13(17)11-8-14(18)16(20)15(19)12(11)9-17/h7-8H,2-6,9,20H2,1H3. The molecule has 2 aliphatic rings. The fourth-order valence-electron chi connectivity index (χ4n) is 3.72. The van der Waals surface area contributed by atoms with Crippen molar-refractivity contribution >= 4 is 17.0 Å². The molecule has 0 fully saturated rings. The zero-order valence-corrected chi connectivity index (χ0v) is 12.1. The maximum Gasteiger partial charge on any atom is 0.156 e. The minimum atomic E-state index is -0.739. The van der Waals surface area contributed by atoms with Gasteiger partial charge in [-0.1, -0.05) is 19.8 Å². The molecule has 1 atom stereocenters. The highest BCUT2D eigenvalue weighted by Gasteiger charge is 2.45. The Morgan fingerprint density at radius 1 is 1.38 bits per heavy atom. The smallest absolute Gasteiger partial charge is 0.156 e. The Labute approximate surface area is 123 Å². The van der Waals surface area contributed by atoms with Gasteiger partial charge in [0.05, 0.1) is 0 Å². The van der Waals surface area contributed by atoms with Crippen LogP contribution in [-0.2, 0) is 11.2 Å². The number of unbranched alkanes of at least 4 members (excludes halogenated alkanes) is 1. The molecule has 0 heterocycles. The highest BCUT2D eigenvalue weighted by molar-refractivity contribution is 6.01. The molecule has 112 valence electrons. The van der Waals surface area contributed by atoms with Crippen LogP contribution >= 0.6 is 0 Å². The third-order valence-electron chi connectivity index (χ3n) is 4.90. The molecular weight excluding hydrogens is 272 g/mol. The SMILES string of the molecule is CCCCC12CCC(=O)C=C1c1cc(F)c(N)c(F)c1C2. The fourth-order valence-corrected chi connectivity index (χ4v) is 3.72. The van der Waals surface area contributed by atoms with Crippen LogP contribution in [0.2, 0.25) is 0 Å². The maximum atomic E-state index is 14.3. The fraction of sp³-hybridized carbons (Fsp3) is 0.471. The van der Waals surface area contributed by atoms with E-state index in [1.54, 1.807) is 6.08 Å². The van der Waals surface area contributed by atoms with E-state index in [2.05, 4.69) is 6.92 Å². The van der Waals surface area contributed by atoms with Crippen LogP contribution in [0.5, 0.6) is 0 Å². The number of rotatable bonds is 3. The minimum Gasteiger partial charge on any atom is -0.394 e. The van der Waals surface area contributed by atoms with E-state index in [0.29, 0.717) is 30.4 Å². The number of ketones is 1. The zero-order valence-electron chi connectivity index (χ0n) is 12.1. The molecule has 0 amide bonds. The van der Waals surface area contributed by atoms with E-state index in [9.17, 15) is 13.6 Å². The summed E-state index contributed by atoms with van der Waals surface area (Å²) in [7, 11) is 0. The van der Waals surface area contributed by atoms with Crippen molar-refractivity contribution in [3.63, 3.8) is 0 Å². The van der Waals surface area contributed by atoms with Gasteiger partial charge in [0, 0.05) is 11.8 Å². The third-order valence-corrected chi connectivity index (χ3v) is 4.90. The van der Waals surface area contributed by atoms with E-state index in [-0.39, 0.29) is 11.2 Å². The molecule has 3 rings (SSSR count). The van der Waals surface area contributed by atoms with Crippen molar-refractivity contribution in [3.8, 4) is 0 Å². The van der Waals surface area contributed by atoms with Crippen LogP contribution in [0.3, 0.4) is 0 Å². The predicted molar refractivity (Wildman–Crippen MR) is 78.7 cm³/mol. The Morgan fingerprint density at radius 2 is 2.14 bits per heavy atom. The lowest BCUT2D eigenvalue weighted by atomic mass is 9.69. The van der Waals surface area contributed by atoms with Gasteiger partial charge in [-0.05, 0) is 48.1 Å². The summed E-state index contributed by atoms with van der Waals surface area (Å²) in [5.74, 6) is -1.34. The second-order valence-electron chi connectivity index (χ2n) is 6.20. The van der Waals surface area contributed by atoms with E-state index in [1.807, 2.05) is 0 Å². The average Bonchev–Trinajstić information content (AvgIpc) is 2.78. The number of hydrogen-bond acceptors (Lipinski definition) is 2. The van der Waals surface area contributed by atoms with Crippen molar-refractivity contribution in [2.24, 2.45) is 5.41 Å². The van der Waals surface area contributed by atoms with E-state index >= 15 is 0 Å². The number of fused-ring (bicyclic) bond motifs is 3. The van der Waals surface area contributed by atoms with Gasteiger partial charge in [-0.3, -0.25) is 4.79 Å². The van der Waals surface area contributed by atoms with Crippen molar-refractivity contribution < 1.29 is 13.6 Å². The zero-order chi connectivity index (χ0) is 15.2. The van der Waals surface area contributed by atoms with Crippen LogP contribution in [0, 0.1) is 17.0 Å². The lowest BCUT2D eigenvalue weighted by molar-refractivity contribution is -0.115. The number of anilines is 1. The van der Waals surface area contributed by atoms with Crippen LogP contribution in [0.1, 0.15) is 50.2 Å². The van der Waals surface area contributed by atoms with Gasteiger partial charge in [-0.2, -0.15) is 0 Å². The normalized spacial score (nSPS) is 23.8. The lowest BCUT2D eigenvalue weighted by Crippen LogP contribution is -2.25. The number of benzene rings is 1. The van der Waals surface area contributed by atoms with E-state index in [1.165, 1.54) is 6.07 Å². The van der Waals surface area contributed by atoms with Crippen LogP contribution in [0.15, 0.2) is 12.1 Å². The van der Waals surface area contributed by atoms with Crippen molar-refractivity contribution in [3.05, 3.63) is 34.9 Å². The average molecular weight is 291 g/mol. The van der Waals surface area contributed by atoms with E-state index in [4.69, 9.17) is 5.73 Å². The second-order valence-corrected chi connectivity index (χ2v) is 6.20. The van der Waals surface area contributed by atoms with Crippen LogP contribution < -0.4 is 5.73 Å². The molecule has 4 heteroatoms. The molecule has 21 heavy (non-hydrogen) atoms. The van der Waals surface area contributed by atoms with Gasteiger partial charge >= 0.3 is 0 Å². The molecule has 0 aromatic heterocycles. The first-order chi connectivity index (χ1) is 9.98. The van der Waals surface area contributed by atoms with Gasteiger partial charge < -0.3 is 5.73 Å². The number of nitrogens with two attached hydrogens (primary N) is 1. The van der Waals surface area contributed by atoms with E-state index < -0.39 is 17.3 Å². The highest BCUT2D eigenvalue weighted by Crippen LogP contribution is 2.55. The Morgan fingerprint density at radius 3 is 2.86 bits per heavy atom. The largest absolute Gasteiger partial charge is 0.394 e. The minimum absolute atomic E-state index is 0.0441. The van der Waals surface area contributed by atoms with E-state index in [0.717, 1.165) is 24.8 Å². The molecule has 0 aliphatic heterocycles. The van der Waals surface area contributed by atoms with Crippen molar-refractivity contribution in [1.29, 1.82) is 0 Å². The Hall–Kier alpha value is -1.71. The molecule has 0 radical (unpaired) electrons. The van der Waals surface area contributed by atoms with Crippen LogP contribution in [0.4, 0.5) is 14.5 Å². The molecule has 2 N–H and O–H groups in total. The molecule has 0 saturated carbocycles. The lowest BCUT2D eigenvalue weighted by Gasteiger charge is -2.33. The van der Waals surface area contributed by atoms with Crippen LogP contribution in [0.25, 0.3) is 5.57 Å². The summed E-state index contributed by atoms with van der Waals surface area (Å²) in [5, 5.41) is 0. The van der Waals surface area contributed by atoms with Gasteiger partial charge in [-0.25, -0.2) is 8.78 Å². The first-order valence-corrected chi connectivity index (χ1v) is 7.50. The molecule has 0 saturated heterocycles. The number of carbonyl (C=O) groups excluding carboxylic acids is 1. The van der Waals surface area contributed by atoms with Gasteiger partial charge in [-0.15, -0.1) is 0 Å². The highest BCUT2D eigenvalue weighted by atomic mass is 19.1. The number of halogens is 2. The van der Waals surface area contributed by atoms with Crippen molar-refractivity contribution in [1.82, 2.24) is 0 Å². The number of nitrogen functional groups attached to an aromatic ring is 1. The van der Waals surface area contributed by atoms with Crippen LogP contribution in [-0.4, -0.2) is 5.78 Å². The Bertz CT molecular complexity index is 651. The first-order valence-electron chi connectivity index (χ1n) is 7.50. The molecule has 0 bridgehead atoms. The van der Waals surface area contributed by atoms with Gasteiger partial charge in [0.1, 0.15) is 11.5 Å². The molecular formula is C17H19F2NO. The van der Waals surface area contributed by atoms with Gasteiger partial charge in [0.15, 0.2) is 11.6 Å². The quantitative estimate of drug-likeness (QED) is 0.854. The Kier molecular flexibility index (Phi) is 3.34. The van der Waals surface area contributed by atoms with Gasteiger partial charge in [0.25, 0.3) is 0 Å². The summed E-state index contributed by atoms with van der Waals surface area (Å²) in [4.78, 5) is 11.8. The van der Waals surface area contributed by atoms with Gasteiger partial charge in [0.2, 0.25) is 0 Å². The first kappa shape index (κ1) is 14.2. The number of allylic oxidation sites excluding steroid dienone is 2. The number of hydrogen-bond donors (Lipinski definition) is 1. The molecule has 2 nitrogen and oxygen atoms in total. The topological polar surface area (TPSA) is 43.1 Å². The summed E-state index contributed by atoms with van der Waals surface area (Å²) < 4.78 is 28.1. The summed E-state index contributed by atoms with van der Waals surface area (Å²) in [6.07, 6.45) is 6.28. The summed E-state index contributed by atoms with van der Waals surface area (Å²) >= 11 is 0. The third kappa shape index (κ3) is 2.08. The van der Waals surface area contributed by atoms with Crippen molar-refractivity contribution in [2.75, 3.05) is 5.73 Å². The Balaban J connectivity index is 2.16. The summed E-state index contributed by atoms with van der Waals surface area (Å²) in [5.41, 5.74) is 6.69. The molecule has 1 aromatic carbocycles. The maximum absolute atomic E-state index is 14.3. The molecule has 2 aliphatic carbocycles. The second kappa shape index (κ2) is 4.93. The molecule has 1 aromatic rings.